The van der Waals surface area contributed by atoms with Gasteiger partial charge in [-0.15, -0.1) is 0 Å². The minimum atomic E-state index is -4.31. The zero-order valence-electron chi connectivity index (χ0n) is 11.2. The molecule has 0 saturated carbocycles. The lowest BCUT2D eigenvalue weighted by molar-refractivity contribution is -0.140. The first-order valence-electron chi connectivity index (χ1n) is 6.26. The highest BCUT2D eigenvalue weighted by atomic mass is 19.4. The van der Waals surface area contributed by atoms with E-state index in [0.29, 0.717) is 16.9 Å². The van der Waals surface area contributed by atoms with Crippen molar-refractivity contribution in [2.75, 3.05) is 17.7 Å². The zero-order valence-corrected chi connectivity index (χ0v) is 11.2. The third-order valence-electron chi connectivity index (χ3n) is 3.10. The highest BCUT2D eigenvalue weighted by Gasteiger charge is 2.32. The summed E-state index contributed by atoms with van der Waals surface area (Å²) in [7, 11) is 1.43. The number of carbonyl (C=O) groups excluding carboxylic acids is 2. The number of hydrogen-bond donors (Lipinski definition) is 3. The van der Waals surface area contributed by atoms with Gasteiger partial charge in [-0.3, -0.25) is 9.59 Å². The van der Waals surface area contributed by atoms with Gasteiger partial charge < -0.3 is 16.0 Å². The fraction of sp³-hybridized carbons (Fsp3) is 0.385. The van der Waals surface area contributed by atoms with Gasteiger partial charge in [0.1, 0.15) is 6.42 Å². The third kappa shape index (κ3) is 3.94. The van der Waals surface area contributed by atoms with Crippen molar-refractivity contribution in [2.45, 2.75) is 25.1 Å². The fourth-order valence-electron chi connectivity index (χ4n) is 2.14. The highest BCUT2D eigenvalue weighted by Crippen LogP contribution is 2.33. The molecule has 0 aromatic heterocycles. The van der Waals surface area contributed by atoms with Gasteiger partial charge in [0.2, 0.25) is 11.8 Å². The van der Waals surface area contributed by atoms with Crippen molar-refractivity contribution < 1.29 is 22.8 Å². The summed E-state index contributed by atoms with van der Waals surface area (Å²) >= 11 is 0. The Bertz CT molecular complexity index is 572. The molecular weight excluding hydrogens is 287 g/mol. The smallest absolute Gasteiger partial charge is 0.324 e. The Morgan fingerprint density at radius 1 is 1.19 bits per heavy atom. The number of rotatable bonds is 3. The summed E-state index contributed by atoms with van der Waals surface area (Å²) in [5, 5.41) is 7.62. The van der Waals surface area contributed by atoms with Gasteiger partial charge in [0.25, 0.3) is 0 Å². The van der Waals surface area contributed by atoms with Crippen molar-refractivity contribution in [1.29, 1.82) is 0 Å². The van der Waals surface area contributed by atoms with Gasteiger partial charge in [-0.25, -0.2) is 0 Å². The predicted molar refractivity (Wildman–Crippen MR) is 70.8 cm³/mol. The molecule has 1 aromatic rings. The average Bonchev–Trinajstić information content (AvgIpc) is 2.50. The summed E-state index contributed by atoms with van der Waals surface area (Å²) in [6.45, 7) is 0. The predicted octanol–water partition coefficient (Wildman–Crippen LogP) is 2.18. The Kier molecular flexibility index (Phi) is 4.17. The molecule has 1 unspecified atom stereocenters. The van der Waals surface area contributed by atoms with Crippen LogP contribution in [-0.4, -0.2) is 25.0 Å². The van der Waals surface area contributed by atoms with Crippen molar-refractivity contribution in [2.24, 2.45) is 0 Å². The number of hydrogen-bond acceptors (Lipinski definition) is 3. The molecule has 114 valence electrons. The van der Waals surface area contributed by atoms with Crippen molar-refractivity contribution in [3.05, 3.63) is 23.8 Å². The first-order chi connectivity index (χ1) is 9.78. The molecule has 1 aromatic carbocycles. The van der Waals surface area contributed by atoms with Crippen molar-refractivity contribution in [3.8, 4) is 0 Å². The normalized spacial score (nSPS) is 16.6. The molecular formula is C13H14F3N3O2. The monoisotopic (exact) mass is 301 g/mol. The molecule has 1 aliphatic rings. The van der Waals surface area contributed by atoms with Crippen LogP contribution in [-0.2, 0) is 9.59 Å². The highest BCUT2D eigenvalue weighted by molar-refractivity contribution is 6.13. The summed E-state index contributed by atoms with van der Waals surface area (Å²) in [6, 6.07) is 3.48. The second-order valence-corrected chi connectivity index (χ2v) is 4.74. The van der Waals surface area contributed by atoms with Gasteiger partial charge >= 0.3 is 6.18 Å². The number of nitrogens with one attached hydrogen (secondary N) is 3. The van der Waals surface area contributed by atoms with Crippen LogP contribution >= 0.6 is 0 Å². The number of carbonyl (C=O) groups is 2. The van der Waals surface area contributed by atoms with E-state index in [4.69, 9.17) is 0 Å². The van der Waals surface area contributed by atoms with Gasteiger partial charge in [0.15, 0.2) is 0 Å². The van der Waals surface area contributed by atoms with E-state index >= 15 is 0 Å². The Hall–Kier alpha value is -2.09. The Morgan fingerprint density at radius 3 is 2.38 bits per heavy atom. The maximum absolute atomic E-state index is 12.5. The number of anilines is 2. The minimum Gasteiger partial charge on any atom is -0.324 e. The number of fused-ring (bicyclic) bond motifs is 1. The van der Waals surface area contributed by atoms with Crippen LogP contribution in [0.2, 0.25) is 0 Å². The van der Waals surface area contributed by atoms with E-state index < -0.39 is 30.5 Å². The summed E-state index contributed by atoms with van der Waals surface area (Å²) < 4.78 is 37.6. The van der Waals surface area contributed by atoms with Gasteiger partial charge in [-0.2, -0.15) is 13.2 Å². The molecule has 5 nitrogen and oxygen atoms in total. The molecule has 0 saturated heterocycles. The summed E-state index contributed by atoms with van der Waals surface area (Å²) in [4.78, 5) is 22.9. The van der Waals surface area contributed by atoms with Crippen molar-refractivity contribution >= 4 is 23.2 Å². The minimum absolute atomic E-state index is 0.297. The molecule has 1 aliphatic heterocycles. The molecule has 1 atom stereocenters. The molecule has 0 radical (unpaired) electrons. The van der Waals surface area contributed by atoms with Crippen molar-refractivity contribution in [1.82, 2.24) is 5.32 Å². The Balaban J connectivity index is 2.31. The number of benzene rings is 1. The van der Waals surface area contributed by atoms with E-state index in [-0.39, 0.29) is 6.42 Å². The van der Waals surface area contributed by atoms with E-state index in [1.165, 1.54) is 25.2 Å². The summed E-state index contributed by atoms with van der Waals surface area (Å²) in [6.07, 6.45) is -5.65. The lowest BCUT2D eigenvalue weighted by Crippen LogP contribution is -2.23. The van der Waals surface area contributed by atoms with Crippen LogP contribution in [0.1, 0.15) is 24.4 Å². The zero-order chi connectivity index (χ0) is 15.6. The van der Waals surface area contributed by atoms with E-state index in [0.717, 1.165) is 0 Å². The van der Waals surface area contributed by atoms with Gasteiger partial charge in [0.05, 0.1) is 17.8 Å². The van der Waals surface area contributed by atoms with Crippen molar-refractivity contribution in [3.63, 3.8) is 0 Å². The molecule has 2 rings (SSSR count). The van der Waals surface area contributed by atoms with Crippen LogP contribution < -0.4 is 16.0 Å². The van der Waals surface area contributed by atoms with Crippen LogP contribution in [0.25, 0.3) is 0 Å². The maximum Gasteiger partial charge on any atom is 0.390 e. The first-order valence-corrected chi connectivity index (χ1v) is 6.26. The molecule has 8 heteroatoms. The third-order valence-corrected chi connectivity index (χ3v) is 3.10. The number of amides is 2. The molecule has 0 spiro atoms. The standard InChI is InChI=1S/C13H14F3N3O2/c1-17-10(6-13(14,15)16)7-2-3-8-9(4-7)19-12(21)5-11(20)18-8/h2-4,10,17H,5-6H2,1H3,(H,18,20)(H,19,21). The molecule has 0 fully saturated rings. The lowest BCUT2D eigenvalue weighted by Gasteiger charge is -2.20. The Morgan fingerprint density at radius 2 is 1.81 bits per heavy atom. The van der Waals surface area contributed by atoms with Crippen LogP contribution in [0, 0.1) is 0 Å². The molecule has 21 heavy (non-hydrogen) atoms. The molecule has 0 bridgehead atoms. The largest absolute Gasteiger partial charge is 0.390 e. The van der Waals surface area contributed by atoms with Gasteiger partial charge in [-0.05, 0) is 24.7 Å². The maximum atomic E-state index is 12.5. The van der Waals surface area contributed by atoms with Gasteiger partial charge in [0, 0.05) is 6.04 Å². The van der Waals surface area contributed by atoms with Crippen LogP contribution in [0.15, 0.2) is 18.2 Å². The molecule has 2 amide bonds. The van der Waals surface area contributed by atoms with Crippen LogP contribution in [0.3, 0.4) is 0 Å². The van der Waals surface area contributed by atoms with E-state index in [1.807, 2.05) is 0 Å². The topological polar surface area (TPSA) is 70.2 Å². The van der Waals surface area contributed by atoms with Crippen LogP contribution in [0.4, 0.5) is 24.5 Å². The molecule has 3 N–H and O–H groups in total. The van der Waals surface area contributed by atoms with E-state index in [2.05, 4.69) is 16.0 Å². The summed E-state index contributed by atoms with van der Waals surface area (Å²) in [5.74, 6) is -0.959. The van der Waals surface area contributed by atoms with Crippen LogP contribution in [0.5, 0.6) is 0 Å². The average molecular weight is 301 g/mol. The molecule has 0 aliphatic carbocycles. The summed E-state index contributed by atoms with van der Waals surface area (Å²) in [5.41, 5.74) is 1.05. The number of halogens is 3. The van der Waals surface area contributed by atoms with Gasteiger partial charge in [-0.1, -0.05) is 6.07 Å². The van der Waals surface area contributed by atoms with E-state index in [1.54, 1.807) is 0 Å². The SMILES string of the molecule is CNC(CC(F)(F)F)c1ccc2c(c1)NC(=O)CC(=O)N2. The number of alkyl halides is 3. The first kappa shape index (κ1) is 15.3. The lowest BCUT2D eigenvalue weighted by atomic mass is 10.0. The van der Waals surface area contributed by atoms with E-state index in [9.17, 15) is 22.8 Å². The molecule has 1 heterocycles. The quantitative estimate of drug-likeness (QED) is 0.749. The second kappa shape index (κ2) is 5.72. The fourth-order valence-corrected chi connectivity index (χ4v) is 2.14. The Labute approximate surface area is 118 Å². The second-order valence-electron chi connectivity index (χ2n) is 4.74.